The molecule has 3 amide bonds. The number of sulfone groups is 1. The maximum Gasteiger partial charge on any atom is 0.325 e. The molecule has 0 bridgehead atoms. The number of anilines is 1. The molecule has 0 saturated carbocycles. The third-order valence-corrected chi connectivity index (χ3v) is 5.58. The molecule has 2 rings (SSSR count). The smallest absolute Gasteiger partial charge is 0.325 e. The highest BCUT2D eigenvalue weighted by Crippen LogP contribution is 2.21. The number of imide groups is 1. The average molecular weight is 384 g/mol. The molecule has 0 radical (unpaired) electrons. The van der Waals surface area contributed by atoms with Gasteiger partial charge in [0.05, 0.1) is 18.6 Å². The molecule has 10 heteroatoms. The zero-order valence-electron chi connectivity index (χ0n) is 14.2. The quantitative estimate of drug-likeness (QED) is 0.691. The van der Waals surface area contributed by atoms with Crippen molar-refractivity contribution in [1.29, 1.82) is 0 Å². The number of benzene rings is 1. The lowest BCUT2D eigenvalue weighted by molar-refractivity contribution is -0.149. The highest BCUT2D eigenvalue weighted by atomic mass is 32.2. The number of rotatable bonds is 6. The zero-order valence-corrected chi connectivity index (χ0v) is 15.0. The van der Waals surface area contributed by atoms with Crippen molar-refractivity contribution in [2.75, 3.05) is 30.5 Å². The highest BCUT2D eigenvalue weighted by molar-refractivity contribution is 7.91. The minimum Gasteiger partial charge on any atom is -0.497 e. The largest absolute Gasteiger partial charge is 0.497 e. The molecule has 2 N–H and O–H groups in total. The van der Waals surface area contributed by atoms with Gasteiger partial charge in [-0.15, -0.1) is 0 Å². The van der Waals surface area contributed by atoms with E-state index in [2.05, 4.69) is 5.32 Å². The summed E-state index contributed by atoms with van der Waals surface area (Å²) < 4.78 is 32.4. The molecule has 1 saturated heterocycles. The fourth-order valence-electron chi connectivity index (χ4n) is 2.47. The van der Waals surface area contributed by atoms with E-state index in [9.17, 15) is 22.8 Å². The Labute approximate surface area is 151 Å². The molecule has 26 heavy (non-hydrogen) atoms. The molecule has 1 aliphatic heterocycles. The summed E-state index contributed by atoms with van der Waals surface area (Å²) in [6, 6.07) is 5.71. The summed E-state index contributed by atoms with van der Waals surface area (Å²) in [6.07, 6.45) is 0.346. The first-order valence-electron chi connectivity index (χ1n) is 7.88. The number of hydrogen-bond acceptors (Lipinski definition) is 7. The standard InChI is InChI=1S/C16H20N2O7S/c1-24-13-4-2-12(3-5-13)17-16(21)18-14(19)9-25-15(20)8-11-6-7-26(22,23)10-11/h2-5,11H,6-10H2,1H3,(H2,17,18,19,21). The van der Waals surface area contributed by atoms with Crippen molar-refractivity contribution in [3.05, 3.63) is 24.3 Å². The van der Waals surface area contributed by atoms with Gasteiger partial charge >= 0.3 is 12.0 Å². The Bertz CT molecular complexity index is 774. The van der Waals surface area contributed by atoms with Gasteiger partial charge in [-0.25, -0.2) is 13.2 Å². The molecule has 142 valence electrons. The number of hydrogen-bond donors (Lipinski definition) is 2. The summed E-state index contributed by atoms with van der Waals surface area (Å²) in [7, 11) is -1.56. The second-order valence-corrected chi connectivity index (χ2v) is 8.09. The van der Waals surface area contributed by atoms with Crippen molar-refractivity contribution in [2.24, 2.45) is 5.92 Å². The van der Waals surface area contributed by atoms with E-state index in [0.717, 1.165) is 0 Å². The van der Waals surface area contributed by atoms with E-state index < -0.39 is 34.4 Å². The fourth-order valence-corrected chi connectivity index (χ4v) is 4.33. The number of carbonyl (C=O) groups is 3. The third kappa shape index (κ3) is 6.36. The van der Waals surface area contributed by atoms with Crippen LogP contribution in [0.2, 0.25) is 0 Å². The van der Waals surface area contributed by atoms with E-state index in [-0.39, 0.29) is 23.8 Å². The fraction of sp³-hybridized carbons (Fsp3) is 0.438. The van der Waals surface area contributed by atoms with Crippen molar-refractivity contribution in [3.63, 3.8) is 0 Å². The molecule has 1 atom stereocenters. The molecule has 1 heterocycles. The van der Waals surface area contributed by atoms with Crippen LogP contribution in [-0.2, 0) is 24.2 Å². The van der Waals surface area contributed by atoms with Crippen LogP contribution in [0.25, 0.3) is 0 Å². The minimum atomic E-state index is -3.07. The second-order valence-electron chi connectivity index (χ2n) is 5.86. The summed E-state index contributed by atoms with van der Waals surface area (Å²) in [6.45, 7) is -0.617. The number of urea groups is 1. The van der Waals surface area contributed by atoms with Crippen LogP contribution in [0, 0.1) is 5.92 Å². The number of amides is 3. The van der Waals surface area contributed by atoms with Gasteiger partial charge in [0.2, 0.25) is 0 Å². The van der Waals surface area contributed by atoms with Crippen molar-refractivity contribution in [1.82, 2.24) is 5.32 Å². The molecule has 1 aromatic carbocycles. The zero-order chi connectivity index (χ0) is 19.2. The van der Waals surface area contributed by atoms with Crippen molar-refractivity contribution in [2.45, 2.75) is 12.8 Å². The van der Waals surface area contributed by atoms with Gasteiger partial charge in [-0.3, -0.25) is 14.9 Å². The first-order chi connectivity index (χ1) is 12.3. The Morgan fingerprint density at radius 2 is 1.88 bits per heavy atom. The first-order valence-corrected chi connectivity index (χ1v) is 9.70. The van der Waals surface area contributed by atoms with Crippen LogP contribution in [0.3, 0.4) is 0 Å². The summed E-state index contributed by atoms with van der Waals surface area (Å²) >= 11 is 0. The molecule has 9 nitrogen and oxygen atoms in total. The van der Waals surface area contributed by atoms with Crippen LogP contribution in [0.15, 0.2) is 24.3 Å². The van der Waals surface area contributed by atoms with Crippen LogP contribution >= 0.6 is 0 Å². The third-order valence-electron chi connectivity index (χ3n) is 3.75. The summed E-state index contributed by atoms with van der Waals surface area (Å²) in [5.74, 6) is -1.10. The van der Waals surface area contributed by atoms with Crippen LogP contribution in [0.5, 0.6) is 5.75 Å². The Kier molecular flexibility index (Phi) is 6.56. The van der Waals surface area contributed by atoms with E-state index in [1.165, 1.54) is 7.11 Å². The maximum absolute atomic E-state index is 11.7. The maximum atomic E-state index is 11.7. The average Bonchev–Trinajstić information content (AvgIpc) is 2.92. The lowest BCUT2D eigenvalue weighted by Crippen LogP contribution is -2.37. The van der Waals surface area contributed by atoms with Gasteiger partial charge in [0.1, 0.15) is 5.75 Å². The Hall–Kier alpha value is -2.62. The summed E-state index contributed by atoms with van der Waals surface area (Å²) in [5, 5.41) is 4.47. The van der Waals surface area contributed by atoms with Gasteiger partial charge in [0, 0.05) is 12.1 Å². The number of ether oxygens (including phenoxy) is 2. The van der Waals surface area contributed by atoms with Gasteiger partial charge in [0.25, 0.3) is 5.91 Å². The van der Waals surface area contributed by atoms with E-state index >= 15 is 0 Å². The normalized spacial score (nSPS) is 18.0. The van der Waals surface area contributed by atoms with Crippen LogP contribution < -0.4 is 15.4 Å². The highest BCUT2D eigenvalue weighted by Gasteiger charge is 2.30. The van der Waals surface area contributed by atoms with Crippen LogP contribution in [0.4, 0.5) is 10.5 Å². The van der Waals surface area contributed by atoms with Gasteiger partial charge in [-0.05, 0) is 36.6 Å². The number of methoxy groups -OCH3 is 1. The van der Waals surface area contributed by atoms with Gasteiger partial charge in [-0.1, -0.05) is 0 Å². The topological polar surface area (TPSA) is 128 Å². The Morgan fingerprint density at radius 3 is 2.46 bits per heavy atom. The lowest BCUT2D eigenvalue weighted by atomic mass is 10.1. The Morgan fingerprint density at radius 1 is 1.19 bits per heavy atom. The monoisotopic (exact) mass is 384 g/mol. The molecule has 1 aromatic rings. The molecule has 0 aliphatic carbocycles. The molecular weight excluding hydrogens is 364 g/mol. The lowest BCUT2D eigenvalue weighted by Gasteiger charge is -2.09. The summed E-state index contributed by atoms with van der Waals surface area (Å²) in [4.78, 5) is 35.0. The molecule has 0 spiro atoms. The van der Waals surface area contributed by atoms with Gasteiger partial charge in [-0.2, -0.15) is 0 Å². The first kappa shape index (κ1) is 19.7. The predicted octanol–water partition coefficient (Wildman–Crippen LogP) is 0.711. The van der Waals surface area contributed by atoms with Gasteiger partial charge in [0.15, 0.2) is 16.4 Å². The van der Waals surface area contributed by atoms with Crippen molar-refractivity contribution in [3.8, 4) is 5.75 Å². The van der Waals surface area contributed by atoms with E-state index in [1.54, 1.807) is 24.3 Å². The molecular formula is C16H20N2O7S. The number of carbonyl (C=O) groups excluding carboxylic acids is 3. The van der Waals surface area contributed by atoms with E-state index in [4.69, 9.17) is 9.47 Å². The van der Waals surface area contributed by atoms with E-state index in [1.807, 2.05) is 5.32 Å². The molecule has 1 unspecified atom stereocenters. The SMILES string of the molecule is COc1ccc(NC(=O)NC(=O)COC(=O)CC2CCS(=O)(=O)C2)cc1. The van der Waals surface area contributed by atoms with Crippen molar-refractivity contribution >= 4 is 33.4 Å². The summed E-state index contributed by atoms with van der Waals surface area (Å²) in [5.41, 5.74) is 0.454. The van der Waals surface area contributed by atoms with E-state index in [0.29, 0.717) is 17.9 Å². The number of esters is 1. The molecule has 0 aromatic heterocycles. The molecule has 1 fully saturated rings. The van der Waals surface area contributed by atoms with Gasteiger partial charge < -0.3 is 14.8 Å². The van der Waals surface area contributed by atoms with Crippen LogP contribution in [0.1, 0.15) is 12.8 Å². The predicted molar refractivity (Wildman–Crippen MR) is 92.5 cm³/mol. The minimum absolute atomic E-state index is 0.0431. The Balaban J connectivity index is 1.68. The molecule has 1 aliphatic rings. The second kappa shape index (κ2) is 8.65. The number of nitrogens with one attached hydrogen (secondary N) is 2. The van der Waals surface area contributed by atoms with Crippen molar-refractivity contribution < 1.29 is 32.3 Å². The van der Waals surface area contributed by atoms with Crippen LogP contribution in [-0.4, -0.2) is 51.5 Å².